The molecular weight excluding hydrogens is 398 g/mol. The number of benzene rings is 2. The van der Waals surface area contributed by atoms with Crippen molar-refractivity contribution in [1.29, 1.82) is 0 Å². The Labute approximate surface area is 181 Å². The molecule has 0 aliphatic carbocycles. The van der Waals surface area contributed by atoms with Crippen molar-refractivity contribution >= 4 is 27.1 Å². The summed E-state index contributed by atoms with van der Waals surface area (Å²) in [7, 11) is -3.36. The van der Waals surface area contributed by atoms with Crippen molar-refractivity contribution in [3.8, 4) is 5.75 Å². The van der Waals surface area contributed by atoms with Gasteiger partial charge in [-0.15, -0.1) is 0 Å². The maximum atomic E-state index is 11.6. The highest BCUT2D eigenvalue weighted by Gasteiger charge is 2.24. The third kappa shape index (κ3) is 6.55. The van der Waals surface area contributed by atoms with Crippen molar-refractivity contribution in [3.63, 3.8) is 0 Å². The second-order valence-electron chi connectivity index (χ2n) is 9.69. The van der Waals surface area contributed by atoms with E-state index in [2.05, 4.69) is 63.0 Å². The molecule has 0 atom stereocenters. The topological polar surface area (TPSA) is 90.5 Å². The predicted octanol–water partition coefficient (Wildman–Crippen LogP) is 4.88. The molecule has 2 aromatic rings. The fourth-order valence-corrected chi connectivity index (χ4v) is 3.67. The zero-order valence-corrected chi connectivity index (χ0v) is 19.9. The van der Waals surface area contributed by atoms with Crippen LogP contribution in [-0.2, 0) is 20.9 Å². The SMILES string of the molecule is CC(C)(C)c1cc(NCCNc2ccccc2NS(C)(=O)=O)c(O)c(C(C)(C)C)c1. The Hall–Kier alpha value is -2.41. The zero-order valence-electron chi connectivity index (χ0n) is 19.1. The molecule has 0 aromatic heterocycles. The lowest BCUT2D eigenvalue weighted by molar-refractivity contribution is 0.446. The minimum atomic E-state index is -3.36. The van der Waals surface area contributed by atoms with Gasteiger partial charge in [-0.1, -0.05) is 59.7 Å². The van der Waals surface area contributed by atoms with Gasteiger partial charge in [0.25, 0.3) is 0 Å². The molecule has 0 spiro atoms. The summed E-state index contributed by atoms with van der Waals surface area (Å²) in [4.78, 5) is 0. The maximum Gasteiger partial charge on any atom is 0.229 e. The molecule has 0 amide bonds. The number of nitrogens with one attached hydrogen (secondary N) is 3. The molecule has 166 valence electrons. The Kier molecular flexibility index (Phi) is 6.97. The van der Waals surface area contributed by atoms with E-state index in [1.54, 1.807) is 12.1 Å². The lowest BCUT2D eigenvalue weighted by atomic mass is 9.79. The van der Waals surface area contributed by atoms with Crippen molar-refractivity contribution in [2.24, 2.45) is 0 Å². The molecule has 0 heterocycles. The molecule has 7 heteroatoms. The van der Waals surface area contributed by atoms with E-state index in [1.165, 1.54) is 0 Å². The summed E-state index contributed by atoms with van der Waals surface area (Å²) in [6, 6.07) is 11.3. The highest BCUT2D eigenvalue weighted by atomic mass is 32.2. The van der Waals surface area contributed by atoms with E-state index in [0.717, 1.165) is 17.4 Å². The Morgan fingerprint density at radius 3 is 1.87 bits per heavy atom. The first-order valence-electron chi connectivity index (χ1n) is 10.1. The summed E-state index contributed by atoms with van der Waals surface area (Å²) >= 11 is 0. The molecule has 2 rings (SSSR count). The van der Waals surface area contributed by atoms with Gasteiger partial charge in [-0.2, -0.15) is 0 Å². The first kappa shape index (κ1) is 23.9. The predicted molar refractivity (Wildman–Crippen MR) is 127 cm³/mol. The first-order valence-corrected chi connectivity index (χ1v) is 12.0. The van der Waals surface area contributed by atoms with Gasteiger partial charge in [-0.25, -0.2) is 8.42 Å². The van der Waals surface area contributed by atoms with Gasteiger partial charge < -0.3 is 15.7 Å². The molecule has 0 aliphatic heterocycles. The number of aromatic hydroxyl groups is 1. The molecule has 4 N–H and O–H groups in total. The molecule has 30 heavy (non-hydrogen) atoms. The van der Waals surface area contributed by atoms with E-state index in [9.17, 15) is 13.5 Å². The molecule has 0 aliphatic rings. The standard InChI is InChI=1S/C23H35N3O3S/c1-22(2,3)16-14-17(23(4,5)6)21(27)20(15-16)25-13-12-24-18-10-8-9-11-19(18)26-30(7,28)29/h8-11,14-15,24-27H,12-13H2,1-7H3. The Bertz CT molecular complexity index is 988. The Morgan fingerprint density at radius 2 is 1.37 bits per heavy atom. The van der Waals surface area contributed by atoms with E-state index in [-0.39, 0.29) is 16.6 Å². The summed E-state index contributed by atoms with van der Waals surface area (Å²) in [6.45, 7) is 13.8. The molecule has 6 nitrogen and oxygen atoms in total. The van der Waals surface area contributed by atoms with E-state index in [0.29, 0.717) is 30.2 Å². The molecule has 0 saturated heterocycles. The number of anilines is 3. The van der Waals surface area contributed by atoms with E-state index in [1.807, 2.05) is 18.2 Å². The van der Waals surface area contributed by atoms with Crippen molar-refractivity contribution < 1.29 is 13.5 Å². The normalized spacial score (nSPS) is 12.5. The van der Waals surface area contributed by atoms with Gasteiger partial charge in [-0.3, -0.25) is 4.72 Å². The Morgan fingerprint density at radius 1 is 0.833 bits per heavy atom. The summed E-state index contributed by atoms with van der Waals surface area (Å²) < 4.78 is 25.6. The molecule has 0 unspecified atom stereocenters. The molecule has 0 radical (unpaired) electrons. The largest absolute Gasteiger partial charge is 0.505 e. The van der Waals surface area contributed by atoms with Crippen LogP contribution in [0.1, 0.15) is 52.7 Å². The van der Waals surface area contributed by atoms with Crippen LogP contribution in [-0.4, -0.2) is 32.9 Å². The van der Waals surface area contributed by atoms with Crippen LogP contribution in [0.15, 0.2) is 36.4 Å². The highest BCUT2D eigenvalue weighted by molar-refractivity contribution is 7.92. The third-order valence-corrected chi connectivity index (χ3v) is 5.35. The van der Waals surface area contributed by atoms with E-state index < -0.39 is 10.0 Å². The average Bonchev–Trinajstić information content (AvgIpc) is 2.57. The number of sulfonamides is 1. The van der Waals surface area contributed by atoms with Crippen LogP contribution >= 0.6 is 0 Å². The number of rotatable bonds is 7. The average molecular weight is 434 g/mol. The summed E-state index contributed by atoms with van der Waals surface area (Å²) in [6.07, 6.45) is 1.13. The van der Waals surface area contributed by atoms with Crippen LogP contribution in [0.25, 0.3) is 0 Å². The minimum Gasteiger partial charge on any atom is -0.505 e. The fourth-order valence-electron chi connectivity index (χ4n) is 3.09. The van der Waals surface area contributed by atoms with Crippen LogP contribution in [0.3, 0.4) is 0 Å². The first-order chi connectivity index (χ1) is 13.7. The zero-order chi connectivity index (χ0) is 22.7. The minimum absolute atomic E-state index is 0.0430. The van der Waals surface area contributed by atoms with Crippen molar-refractivity contribution in [2.45, 2.75) is 52.4 Å². The number of para-hydroxylation sites is 2. The summed E-state index contributed by atoms with van der Waals surface area (Å²) in [5, 5.41) is 17.4. The molecule has 0 bridgehead atoms. The van der Waals surface area contributed by atoms with Gasteiger partial charge in [0, 0.05) is 18.7 Å². The molecule has 0 fully saturated rings. The van der Waals surface area contributed by atoms with Crippen molar-refractivity contribution in [1.82, 2.24) is 0 Å². The quantitative estimate of drug-likeness (QED) is 0.369. The van der Waals surface area contributed by atoms with E-state index >= 15 is 0 Å². The molecular formula is C23H35N3O3S. The second-order valence-corrected chi connectivity index (χ2v) is 11.4. The number of hydrogen-bond acceptors (Lipinski definition) is 5. The molecule has 2 aromatic carbocycles. The third-order valence-electron chi connectivity index (χ3n) is 4.76. The lowest BCUT2D eigenvalue weighted by Crippen LogP contribution is -2.19. The van der Waals surface area contributed by atoms with Crippen LogP contribution in [0.2, 0.25) is 0 Å². The van der Waals surface area contributed by atoms with Crippen LogP contribution < -0.4 is 15.4 Å². The lowest BCUT2D eigenvalue weighted by Gasteiger charge is -2.27. The van der Waals surface area contributed by atoms with Crippen LogP contribution in [0.5, 0.6) is 5.75 Å². The number of phenols is 1. The monoisotopic (exact) mass is 433 g/mol. The van der Waals surface area contributed by atoms with Gasteiger partial charge in [0.2, 0.25) is 10.0 Å². The number of phenolic OH excluding ortho intramolecular Hbond substituents is 1. The van der Waals surface area contributed by atoms with E-state index in [4.69, 9.17) is 0 Å². The van der Waals surface area contributed by atoms with Gasteiger partial charge in [-0.05, 0) is 34.6 Å². The Balaban J connectivity index is 2.16. The van der Waals surface area contributed by atoms with Crippen molar-refractivity contribution in [3.05, 3.63) is 47.5 Å². The van der Waals surface area contributed by atoms with Gasteiger partial charge in [0.15, 0.2) is 0 Å². The molecule has 0 saturated carbocycles. The van der Waals surface area contributed by atoms with Crippen molar-refractivity contribution in [2.75, 3.05) is 34.7 Å². The highest BCUT2D eigenvalue weighted by Crippen LogP contribution is 2.40. The van der Waals surface area contributed by atoms with Gasteiger partial charge in [0.1, 0.15) is 5.75 Å². The fraction of sp³-hybridized carbons (Fsp3) is 0.478. The smallest absolute Gasteiger partial charge is 0.229 e. The van der Waals surface area contributed by atoms with Crippen LogP contribution in [0, 0.1) is 0 Å². The summed E-state index contributed by atoms with van der Waals surface area (Å²) in [5.41, 5.74) is 3.75. The van der Waals surface area contributed by atoms with Gasteiger partial charge >= 0.3 is 0 Å². The van der Waals surface area contributed by atoms with Crippen LogP contribution in [0.4, 0.5) is 17.1 Å². The van der Waals surface area contributed by atoms with Gasteiger partial charge in [0.05, 0.1) is 23.3 Å². The maximum absolute atomic E-state index is 11.6. The summed E-state index contributed by atoms with van der Waals surface area (Å²) in [5.74, 6) is 0.273. The number of hydrogen-bond donors (Lipinski definition) is 4. The second kappa shape index (κ2) is 8.76.